The molecule has 0 aromatic rings. The van der Waals surface area contributed by atoms with Crippen LogP contribution in [0.25, 0.3) is 0 Å². The van der Waals surface area contributed by atoms with Gasteiger partial charge in [-0.25, -0.2) is 0 Å². The second-order valence-corrected chi connectivity index (χ2v) is 8.42. The van der Waals surface area contributed by atoms with Crippen molar-refractivity contribution in [3.05, 3.63) is 0 Å². The molecule has 1 aliphatic heterocycles. The van der Waals surface area contributed by atoms with Crippen molar-refractivity contribution < 1.29 is 23.7 Å². The molecule has 1 heterocycles. The number of halogens is 1. The summed E-state index contributed by atoms with van der Waals surface area (Å²) in [7, 11) is 0. The fourth-order valence-corrected chi connectivity index (χ4v) is 3.83. The van der Waals surface area contributed by atoms with E-state index in [1.165, 1.54) is 0 Å². The number of alkyl halides is 1. The van der Waals surface area contributed by atoms with Gasteiger partial charge in [0.1, 0.15) is 29.4 Å². The van der Waals surface area contributed by atoms with Crippen molar-refractivity contribution in [1.29, 1.82) is 0 Å². The molecule has 1 fully saturated rings. The second-order valence-electron chi connectivity index (χ2n) is 7.52. The van der Waals surface area contributed by atoms with Crippen molar-refractivity contribution in [3.63, 3.8) is 0 Å². The highest BCUT2D eigenvalue weighted by atomic mass is 79.9. The third-order valence-corrected chi connectivity index (χ3v) is 5.66. The number of rotatable bonds is 17. The van der Waals surface area contributed by atoms with Gasteiger partial charge in [0, 0.05) is 26.4 Å². The molecule has 0 aliphatic carbocycles. The van der Waals surface area contributed by atoms with E-state index in [0.29, 0.717) is 26.4 Å². The number of ether oxygens (including phenoxy) is 5. The van der Waals surface area contributed by atoms with Gasteiger partial charge in [-0.3, -0.25) is 0 Å². The molecular formula is C22H43BrO5. The molecule has 5 atom stereocenters. The molecule has 28 heavy (non-hydrogen) atoms. The van der Waals surface area contributed by atoms with E-state index >= 15 is 0 Å². The molecule has 168 valence electrons. The molecule has 0 aromatic heterocycles. The molecule has 0 bridgehead atoms. The number of hydrogen-bond donors (Lipinski definition) is 0. The quantitative estimate of drug-likeness (QED) is 0.209. The van der Waals surface area contributed by atoms with Gasteiger partial charge in [-0.15, -0.1) is 0 Å². The van der Waals surface area contributed by atoms with E-state index in [1.54, 1.807) is 0 Å². The second kappa shape index (κ2) is 17.0. The van der Waals surface area contributed by atoms with Crippen LogP contribution in [-0.2, 0) is 23.7 Å². The van der Waals surface area contributed by atoms with Gasteiger partial charge in [-0.2, -0.15) is 0 Å². The van der Waals surface area contributed by atoms with Gasteiger partial charge in [0.25, 0.3) is 0 Å². The monoisotopic (exact) mass is 466 g/mol. The van der Waals surface area contributed by atoms with E-state index in [2.05, 4.69) is 43.6 Å². The van der Waals surface area contributed by atoms with Gasteiger partial charge in [0.15, 0.2) is 0 Å². The van der Waals surface area contributed by atoms with E-state index in [9.17, 15) is 0 Å². The third kappa shape index (κ3) is 9.86. The Labute approximate surface area is 181 Å². The molecule has 1 rings (SSSR count). The standard InChI is InChI=1S/C22H43BrO5/c1-5-9-13-24-17-18-19(25-14-10-6-2)20(26-15-11-7-3)21(22(23)28-18)27-16-12-8-4/h18-22H,5-17H2,1-4H3/t18-,19-,20?,21-,22+/m1/s1. The molecule has 5 nitrogen and oxygen atoms in total. The number of hydrogen-bond acceptors (Lipinski definition) is 5. The van der Waals surface area contributed by atoms with Crippen LogP contribution >= 0.6 is 15.9 Å². The molecular weight excluding hydrogens is 424 g/mol. The van der Waals surface area contributed by atoms with Gasteiger partial charge in [-0.05, 0) is 25.7 Å². The summed E-state index contributed by atoms with van der Waals surface area (Å²) in [5, 5.41) is -0.221. The molecule has 0 radical (unpaired) electrons. The highest BCUT2D eigenvalue weighted by Gasteiger charge is 2.47. The lowest BCUT2D eigenvalue weighted by molar-refractivity contribution is -0.246. The van der Waals surface area contributed by atoms with Crippen molar-refractivity contribution in [3.8, 4) is 0 Å². The zero-order valence-corrected chi connectivity index (χ0v) is 20.1. The van der Waals surface area contributed by atoms with Gasteiger partial charge in [-0.1, -0.05) is 69.3 Å². The van der Waals surface area contributed by atoms with Crippen LogP contribution in [0.15, 0.2) is 0 Å². The Morgan fingerprint density at radius 1 is 0.643 bits per heavy atom. The Bertz CT molecular complexity index is 358. The highest BCUT2D eigenvalue weighted by Crippen LogP contribution is 2.32. The lowest BCUT2D eigenvalue weighted by Gasteiger charge is -2.44. The Morgan fingerprint density at radius 2 is 1.11 bits per heavy atom. The van der Waals surface area contributed by atoms with Crippen molar-refractivity contribution in [1.82, 2.24) is 0 Å². The van der Waals surface area contributed by atoms with Crippen LogP contribution < -0.4 is 0 Å². The first-order chi connectivity index (χ1) is 13.7. The van der Waals surface area contributed by atoms with Crippen LogP contribution in [0.2, 0.25) is 0 Å². The molecule has 1 saturated heterocycles. The molecule has 0 saturated carbocycles. The third-order valence-electron chi connectivity index (χ3n) is 4.93. The maximum absolute atomic E-state index is 6.32. The summed E-state index contributed by atoms with van der Waals surface area (Å²) in [6.45, 7) is 12.1. The van der Waals surface area contributed by atoms with Crippen LogP contribution in [0.4, 0.5) is 0 Å². The summed E-state index contributed by atoms with van der Waals surface area (Å²) in [6, 6.07) is 0. The first-order valence-electron chi connectivity index (χ1n) is 11.4. The fraction of sp³-hybridized carbons (Fsp3) is 1.00. The molecule has 1 aliphatic rings. The predicted octanol–water partition coefficient (Wildman–Crippen LogP) is 5.48. The van der Waals surface area contributed by atoms with Crippen molar-refractivity contribution in [2.45, 2.75) is 108 Å². The number of unbranched alkanes of at least 4 members (excludes halogenated alkanes) is 4. The van der Waals surface area contributed by atoms with Crippen LogP contribution in [0.3, 0.4) is 0 Å². The lowest BCUT2D eigenvalue weighted by Crippen LogP contribution is -2.60. The minimum atomic E-state index is -0.221. The maximum Gasteiger partial charge on any atom is 0.141 e. The van der Waals surface area contributed by atoms with Gasteiger partial charge < -0.3 is 23.7 Å². The SMILES string of the molecule is CCCCOC[C@H]1O[C@H](Br)[C@H](OCCCC)C(OCCCC)[C@@H]1OCCCC. The minimum Gasteiger partial charge on any atom is -0.379 e. The smallest absolute Gasteiger partial charge is 0.141 e. The molecule has 0 aromatic carbocycles. The van der Waals surface area contributed by atoms with Gasteiger partial charge >= 0.3 is 0 Å². The van der Waals surface area contributed by atoms with Crippen molar-refractivity contribution in [2.75, 3.05) is 33.0 Å². The van der Waals surface area contributed by atoms with E-state index in [-0.39, 0.29) is 29.4 Å². The zero-order valence-electron chi connectivity index (χ0n) is 18.5. The van der Waals surface area contributed by atoms with Crippen molar-refractivity contribution in [2.24, 2.45) is 0 Å². The molecule has 1 unspecified atom stereocenters. The largest absolute Gasteiger partial charge is 0.379 e. The Morgan fingerprint density at radius 3 is 1.64 bits per heavy atom. The lowest BCUT2D eigenvalue weighted by atomic mass is 9.99. The average Bonchev–Trinajstić information content (AvgIpc) is 2.69. The van der Waals surface area contributed by atoms with Crippen LogP contribution in [0.1, 0.15) is 79.1 Å². The zero-order chi connectivity index (χ0) is 20.6. The Kier molecular flexibility index (Phi) is 16.0. The van der Waals surface area contributed by atoms with Gasteiger partial charge in [0.05, 0.1) is 6.61 Å². The fourth-order valence-electron chi connectivity index (χ4n) is 3.10. The minimum absolute atomic E-state index is 0.154. The first-order valence-corrected chi connectivity index (χ1v) is 12.3. The van der Waals surface area contributed by atoms with Crippen LogP contribution in [0, 0.1) is 0 Å². The summed E-state index contributed by atoms with van der Waals surface area (Å²) in [5.74, 6) is 0. The van der Waals surface area contributed by atoms with E-state index in [1.807, 2.05) is 0 Å². The summed E-state index contributed by atoms with van der Waals surface area (Å²) < 4.78 is 30.9. The molecule has 6 heteroatoms. The summed E-state index contributed by atoms with van der Waals surface area (Å²) in [4.78, 5) is 0. The summed E-state index contributed by atoms with van der Waals surface area (Å²) in [6.07, 6.45) is 7.92. The molecule has 0 spiro atoms. The van der Waals surface area contributed by atoms with Crippen molar-refractivity contribution >= 4 is 15.9 Å². The maximum atomic E-state index is 6.32. The van der Waals surface area contributed by atoms with Gasteiger partial charge in [0.2, 0.25) is 0 Å². The predicted molar refractivity (Wildman–Crippen MR) is 117 cm³/mol. The Balaban J connectivity index is 2.84. The molecule has 0 amide bonds. The summed E-state index contributed by atoms with van der Waals surface area (Å²) in [5.41, 5.74) is 0. The average molecular weight is 467 g/mol. The topological polar surface area (TPSA) is 46.2 Å². The highest BCUT2D eigenvalue weighted by molar-refractivity contribution is 9.09. The summed E-state index contributed by atoms with van der Waals surface area (Å²) >= 11 is 3.69. The normalized spacial score (nSPS) is 28.0. The molecule has 0 N–H and O–H groups in total. The first kappa shape index (κ1) is 26.3. The van der Waals surface area contributed by atoms with E-state index in [4.69, 9.17) is 23.7 Å². The Hall–Kier alpha value is 0.280. The van der Waals surface area contributed by atoms with Crippen LogP contribution in [-0.4, -0.2) is 62.5 Å². The van der Waals surface area contributed by atoms with E-state index in [0.717, 1.165) is 58.0 Å². The van der Waals surface area contributed by atoms with Crippen LogP contribution in [0.5, 0.6) is 0 Å². The van der Waals surface area contributed by atoms with E-state index < -0.39 is 0 Å².